The van der Waals surface area contributed by atoms with Crippen LogP contribution in [0.5, 0.6) is 0 Å². The third kappa shape index (κ3) is 52.5. The number of hydrogen-bond acceptors (Lipinski definition) is 6. The van der Waals surface area contributed by atoms with Gasteiger partial charge in [0.25, 0.3) is 0 Å². The van der Waals surface area contributed by atoms with E-state index < -0.39 is 6.10 Å². The average molecular weight is 914 g/mol. The van der Waals surface area contributed by atoms with E-state index in [0.29, 0.717) is 19.3 Å². The van der Waals surface area contributed by atoms with Crippen LogP contribution in [-0.2, 0) is 28.6 Å². The van der Waals surface area contributed by atoms with Gasteiger partial charge in [0.05, 0.1) is 0 Å². The zero-order chi connectivity index (χ0) is 47.2. The lowest BCUT2D eigenvalue weighted by Gasteiger charge is -2.18. The molecule has 6 nitrogen and oxygen atoms in total. The quantitative estimate of drug-likeness (QED) is 0.0262. The Morgan fingerprint density at radius 2 is 0.554 bits per heavy atom. The molecule has 0 fully saturated rings. The van der Waals surface area contributed by atoms with Gasteiger partial charge < -0.3 is 14.2 Å². The smallest absolute Gasteiger partial charge is 0.306 e. The van der Waals surface area contributed by atoms with E-state index in [4.69, 9.17) is 14.2 Å². The number of rotatable bonds is 52. The molecule has 0 saturated carbocycles. The minimum Gasteiger partial charge on any atom is -0.462 e. The van der Waals surface area contributed by atoms with Crippen molar-refractivity contribution in [1.82, 2.24) is 0 Å². The summed E-state index contributed by atoms with van der Waals surface area (Å²) in [5.74, 6) is -0.875. The van der Waals surface area contributed by atoms with Crippen LogP contribution in [0.25, 0.3) is 0 Å². The largest absolute Gasteiger partial charge is 0.462 e. The van der Waals surface area contributed by atoms with Crippen LogP contribution >= 0.6 is 0 Å². The fourth-order valence-corrected chi connectivity index (χ4v) is 8.29. The molecule has 0 unspecified atom stereocenters. The molecule has 0 heterocycles. The Morgan fingerprint density at radius 1 is 0.308 bits per heavy atom. The summed E-state index contributed by atoms with van der Waals surface area (Å²) in [4.78, 5) is 38.1. The monoisotopic (exact) mass is 913 g/mol. The normalized spacial score (nSPS) is 12.2. The van der Waals surface area contributed by atoms with E-state index in [0.717, 1.165) is 77.0 Å². The highest BCUT2D eigenvalue weighted by Gasteiger charge is 2.19. The summed E-state index contributed by atoms with van der Waals surface area (Å²) >= 11 is 0. The first-order chi connectivity index (χ1) is 32.0. The lowest BCUT2D eigenvalue weighted by atomic mass is 10.0. The number of ether oxygens (including phenoxy) is 3. The molecule has 0 aromatic heterocycles. The Balaban J connectivity index is 4.35. The van der Waals surface area contributed by atoms with Crippen molar-refractivity contribution < 1.29 is 28.6 Å². The number of esters is 3. The van der Waals surface area contributed by atoms with Crippen LogP contribution in [0.1, 0.15) is 303 Å². The fourth-order valence-electron chi connectivity index (χ4n) is 8.29. The van der Waals surface area contributed by atoms with Gasteiger partial charge in [-0.05, 0) is 77.0 Å². The van der Waals surface area contributed by atoms with E-state index in [1.807, 2.05) is 0 Å². The fraction of sp³-hybridized carbons (Fsp3) is 0.847. The van der Waals surface area contributed by atoms with Crippen molar-refractivity contribution in [2.24, 2.45) is 0 Å². The summed E-state index contributed by atoms with van der Waals surface area (Å²) < 4.78 is 16.9. The maximum absolute atomic E-state index is 12.8. The molecule has 0 radical (unpaired) electrons. The molecule has 0 aliphatic heterocycles. The van der Waals surface area contributed by atoms with Crippen molar-refractivity contribution in [2.45, 2.75) is 309 Å². The van der Waals surface area contributed by atoms with Crippen LogP contribution in [0, 0.1) is 0 Å². The van der Waals surface area contributed by atoms with Gasteiger partial charge >= 0.3 is 17.9 Å². The van der Waals surface area contributed by atoms with Crippen LogP contribution in [-0.4, -0.2) is 37.2 Å². The van der Waals surface area contributed by atoms with Crippen molar-refractivity contribution in [3.63, 3.8) is 0 Å². The molecule has 0 amide bonds. The second-order valence-corrected chi connectivity index (χ2v) is 19.2. The Labute approximate surface area is 404 Å². The lowest BCUT2D eigenvalue weighted by Crippen LogP contribution is -2.30. The Kier molecular flexibility index (Phi) is 52.3. The molecule has 0 aliphatic carbocycles. The van der Waals surface area contributed by atoms with Gasteiger partial charge in [0.1, 0.15) is 13.2 Å². The van der Waals surface area contributed by atoms with E-state index in [1.165, 1.54) is 186 Å². The zero-order valence-electron chi connectivity index (χ0n) is 43.5. The van der Waals surface area contributed by atoms with E-state index in [-0.39, 0.29) is 31.1 Å². The molecule has 6 heteroatoms. The predicted molar refractivity (Wildman–Crippen MR) is 279 cm³/mol. The minimum atomic E-state index is -0.775. The highest BCUT2D eigenvalue weighted by atomic mass is 16.6. The number of carbonyl (C=O) groups is 3. The molecule has 0 saturated heterocycles. The van der Waals surface area contributed by atoms with Gasteiger partial charge in [-0.1, -0.05) is 243 Å². The maximum Gasteiger partial charge on any atom is 0.306 e. The second kappa shape index (κ2) is 54.2. The third-order valence-electron chi connectivity index (χ3n) is 12.6. The van der Waals surface area contributed by atoms with Crippen LogP contribution in [0.15, 0.2) is 36.5 Å². The van der Waals surface area contributed by atoms with Gasteiger partial charge in [-0.15, -0.1) is 0 Å². The summed E-state index contributed by atoms with van der Waals surface area (Å²) in [6.45, 7) is 6.62. The number of carbonyl (C=O) groups excluding carboxylic acids is 3. The molecular weight excluding hydrogens is 805 g/mol. The van der Waals surface area contributed by atoms with Gasteiger partial charge in [0.15, 0.2) is 6.10 Å². The molecule has 0 N–H and O–H groups in total. The zero-order valence-corrected chi connectivity index (χ0v) is 43.5. The predicted octanol–water partition coefficient (Wildman–Crippen LogP) is 18.9. The number of unbranched alkanes of at least 4 members (excludes halogenated alkanes) is 35. The molecule has 0 rings (SSSR count). The third-order valence-corrected chi connectivity index (χ3v) is 12.6. The van der Waals surface area contributed by atoms with Crippen LogP contribution in [0.3, 0.4) is 0 Å². The summed E-state index contributed by atoms with van der Waals surface area (Å²) in [5.41, 5.74) is 0. The molecular formula is C59H108O6. The maximum atomic E-state index is 12.8. The highest BCUT2D eigenvalue weighted by molar-refractivity contribution is 5.71. The molecule has 0 spiro atoms. The van der Waals surface area contributed by atoms with Crippen molar-refractivity contribution in [1.29, 1.82) is 0 Å². The summed E-state index contributed by atoms with van der Waals surface area (Å²) in [6.07, 6.45) is 64.1. The number of allylic oxidation sites excluding steroid dienone is 6. The van der Waals surface area contributed by atoms with E-state index in [1.54, 1.807) is 0 Å². The molecule has 0 aromatic rings. The van der Waals surface area contributed by atoms with Gasteiger partial charge in [0.2, 0.25) is 0 Å². The first-order valence-electron chi connectivity index (χ1n) is 28.5. The average Bonchev–Trinajstić information content (AvgIpc) is 3.30. The SMILES string of the molecule is CCCCC/C=C/C/C=C/CCCCCCCCCC(=O)OC[C@@H](COC(=O)CCCCCCC/C=C/CCCCCC)OC(=O)CCCCCCCCCCCCCCCCCCC. The Bertz CT molecular complexity index is 1090. The van der Waals surface area contributed by atoms with Gasteiger partial charge in [-0.3, -0.25) is 14.4 Å². The van der Waals surface area contributed by atoms with E-state index in [9.17, 15) is 14.4 Å². The van der Waals surface area contributed by atoms with Gasteiger partial charge in [-0.25, -0.2) is 0 Å². The van der Waals surface area contributed by atoms with Gasteiger partial charge in [-0.2, -0.15) is 0 Å². The van der Waals surface area contributed by atoms with Crippen molar-refractivity contribution in [3.05, 3.63) is 36.5 Å². The summed E-state index contributed by atoms with van der Waals surface area (Å²) in [5, 5.41) is 0. The Morgan fingerprint density at radius 3 is 0.908 bits per heavy atom. The van der Waals surface area contributed by atoms with Crippen LogP contribution < -0.4 is 0 Å². The lowest BCUT2D eigenvalue weighted by molar-refractivity contribution is -0.167. The summed E-state index contributed by atoms with van der Waals surface area (Å²) in [7, 11) is 0. The van der Waals surface area contributed by atoms with Crippen LogP contribution in [0.2, 0.25) is 0 Å². The van der Waals surface area contributed by atoms with Crippen LogP contribution in [0.4, 0.5) is 0 Å². The molecule has 65 heavy (non-hydrogen) atoms. The minimum absolute atomic E-state index is 0.0756. The molecule has 0 aliphatic rings. The molecule has 0 aromatic carbocycles. The molecule has 1 atom stereocenters. The van der Waals surface area contributed by atoms with Crippen molar-refractivity contribution in [3.8, 4) is 0 Å². The highest BCUT2D eigenvalue weighted by Crippen LogP contribution is 2.16. The number of hydrogen-bond donors (Lipinski definition) is 0. The molecule has 380 valence electrons. The first kappa shape index (κ1) is 62.6. The molecule has 0 bridgehead atoms. The standard InChI is InChI=1S/C59H108O6/c1-4-7-10-13-16-19-22-25-27-29-31-34-37-40-43-46-49-52-58(61)64-55-56(54-63-57(60)51-48-45-42-39-36-33-24-21-18-15-12-9-6-3)65-59(62)53-50-47-44-41-38-35-32-30-28-26-23-20-17-14-11-8-5-2/h16,19,21,24-25,27,56H,4-15,17-18,20,22-23,26,28-55H2,1-3H3/b19-16+,24-21+,27-25+/t56-/m1/s1. The van der Waals surface area contributed by atoms with E-state index in [2.05, 4.69) is 57.2 Å². The van der Waals surface area contributed by atoms with E-state index >= 15 is 0 Å². The van der Waals surface area contributed by atoms with Crippen molar-refractivity contribution in [2.75, 3.05) is 13.2 Å². The first-order valence-corrected chi connectivity index (χ1v) is 28.5. The second-order valence-electron chi connectivity index (χ2n) is 19.2. The Hall–Kier alpha value is -2.37. The topological polar surface area (TPSA) is 78.9 Å². The van der Waals surface area contributed by atoms with Crippen molar-refractivity contribution >= 4 is 17.9 Å². The summed E-state index contributed by atoms with van der Waals surface area (Å²) in [6, 6.07) is 0. The van der Waals surface area contributed by atoms with Gasteiger partial charge in [0, 0.05) is 19.3 Å².